The van der Waals surface area contributed by atoms with Gasteiger partial charge in [0.1, 0.15) is 12.1 Å². The molecule has 0 fully saturated rings. The van der Waals surface area contributed by atoms with Crippen molar-refractivity contribution in [2.24, 2.45) is 5.92 Å². The fourth-order valence-electron chi connectivity index (χ4n) is 2.36. The summed E-state index contributed by atoms with van der Waals surface area (Å²) in [5.74, 6) is -1.86. The van der Waals surface area contributed by atoms with Crippen molar-refractivity contribution in [1.82, 2.24) is 0 Å². The first-order valence-electron chi connectivity index (χ1n) is 6.58. The predicted octanol–water partition coefficient (Wildman–Crippen LogP) is 4.66. The lowest BCUT2D eigenvalue weighted by molar-refractivity contribution is -0.112. The largest absolute Gasteiger partial charge is 0.489 e. The van der Waals surface area contributed by atoms with Gasteiger partial charge >= 0.3 is 0 Å². The van der Waals surface area contributed by atoms with Gasteiger partial charge < -0.3 is 9.53 Å². The van der Waals surface area contributed by atoms with Crippen LogP contribution in [0.25, 0.3) is 0 Å². The number of fused-ring (bicyclic) bond motifs is 1. The first kappa shape index (κ1) is 15.3. The van der Waals surface area contributed by atoms with Gasteiger partial charge in [-0.05, 0) is 36.4 Å². The number of carbonyl (C=O) groups excluding carboxylic acids is 1. The molecule has 0 saturated heterocycles. The van der Waals surface area contributed by atoms with E-state index >= 15 is 0 Å². The topological polar surface area (TPSA) is 26.3 Å². The number of benzene rings is 2. The van der Waals surface area contributed by atoms with Gasteiger partial charge in [-0.2, -0.15) is 0 Å². The van der Waals surface area contributed by atoms with Gasteiger partial charge in [0, 0.05) is 15.5 Å². The molecule has 2 aromatic rings. The minimum absolute atomic E-state index is 0.0299. The molecule has 0 aliphatic carbocycles. The number of thioether (sulfide) groups is 1. The van der Waals surface area contributed by atoms with Gasteiger partial charge in [-0.15, -0.1) is 11.8 Å². The molecule has 0 unspecified atom stereocenters. The standard InChI is InChI=1S/C16H11ClF2O2S/c17-10-1-3-11(4-2-10)22-16-9(7-20)8-21-15-13(19)6-5-12(18)14(15)16/h1-7,9,16H,8H2/t9-,16+/m1/s1. The van der Waals surface area contributed by atoms with E-state index in [0.29, 0.717) is 5.02 Å². The third-order valence-corrected chi connectivity index (χ3v) is 5.08. The number of hydrogen-bond donors (Lipinski definition) is 0. The summed E-state index contributed by atoms with van der Waals surface area (Å²) in [4.78, 5) is 12.1. The summed E-state index contributed by atoms with van der Waals surface area (Å²) in [6.07, 6.45) is 0.723. The van der Waals surface area contributed by atoms with Gasteiger partial charge in [0.25, 0.3) is 0 Å². The molecule has 0 aromatic heterocycles. The highest BCUT2D eigenvalue weighted by atomic mass is 35.5. The summed E-state index contributed by atoms with van der Waals surface area (Å²) in [5.41, 5.74) is 0.100. The molecule has 1 aliphatic heterocycles. The highest BCUT2D eigenvalue weighted by Crippen LogP contribution is 2.48. The summed E-state index contributed by atoms with van der Waals surface area (Å²) in [6.45, 7) is 0.0299. The SMILES string of the molecule is O=C[C@@H]1COc2c(F)ccc(F)c2[C@H]1Sc1ccc(Cl)cc1. The van der Waals surface area contributed by atoms with Crippen LogP contribution in [0, 0.1) is 17.6 Å². The van der Waals surface area contributed by atoms with Gasteiger partial charge in [-0.1, -0.05) is 11.6 Å². The van der Waals surface area contributed by atoms with Crippen LogP contribution in [0.15, 0.2) is 41.3 Å². The zero-order valence-electron chi connectivity index (χ0n) is 11.3. The average Bonchev–Trinajstić information content (AvgIpc) is 2.53. The second-order valence-electron chi connectivity index (χ2n) is 4.88. The molecule has 0 saturated carbocycles. The Hall–Kier alpha value is -1.59. The van der Waals surface area contributed by atoms with Crippen molar-refractivity contribution < 1.29 is 18.3 Å². The van der Waals surface area contributed by atoms with Crippen LogP contribution in [0.4, 0.5) is 8.78 Å². The number of aldehydes is 1. The number of ether oxygens (including phenoxy) is 1. The highest BCUT2D eigenvalue weighted by molar-refractivity contribution is 7.99. The maximum atomic E-state index is 14.2. The number of rotatable bonds is 3. The van der Waals surface area contributed by atoms with Crippen LogP contribution in [-0.2, 0) is 4.79 Å². The minimum Gasteiger partial charge on any atom is -0.489 e. The fourth-order valence-corrected chi connectivity index (χ4v) is 3.73. The van der Waals surface area contributed by atoms with Crippen molar-refractivity contribution in [1.29, 1.82) is 0 Å². The molecule has 0 bridgehead atoms. The van der Waals surface area contributed by atoms with Gasteiger partial charge in [0.05, 0.1) is 17.8 Å². The van der Waals surface area contributed by atoms with E-state index in [1.807, 2.05) is 0 Å². The zero-order chi connectivity index (χ0) is 15.7. The second-order valence-corrected chi connectivity index (χ2v) is 6.53. The van der Waals surface area contributed by atoms with Gasteiger partial charge in [-0.3, -0.25) is 0 Å². The van der Waals surface area contributed by atoms with E-state index in [2.05, 4.69) is 0 Å². The molecule has 0 radical (unpaired) electrons. The average molecular weight is 341 g/mol. The summed E-state index contributed by atoms with van der Waals surface area (Å²) in [6, 6.07) is 9.06. The second kappa shape index (κ2) is 6.26. The summed E-state index contributed by atoms with van der Waals surface area (Å²) in [7, 11) is 0. The molecule has 1 heterocycles. The maximum Gasteiger partial charge on any atom is 0.165 e. The Morgan fingerprint density at radius 2 is 1.82 bits per heavy atom. The van der Waals surface area contributed by atoms with Crippen LogP contribution < -0.4 is 4.74 Å². The quantitative estimate of drug-likeness (QED) is 0.760. The summed E-state index contributed by atoms with van der Waals surface area (Å²) in [5, 5.41) is 0.0408. The molecule has 0 spiro atoms. The van der Waals surface area contributed by atoms with E-state index in [4.69, 9.17) is 16.3 Å². The smallest absolute Gasteiger partial charge is 0.165 e. The van der Waals surface area contributed by atoms with Crippen LogP contribution in [0.5, 0.6) is 5.75 Å². The van der Waals surface area contributed by atoms with Crippen LogP contribution in [0.1, 0.15) is 10.8 Å². The molecule has 2 aromatic carbocycles. The monoisotopic (exact) mass is 340 g/mol. The first-order valence-corrected chi connectivity index (χ1v) is 7.84. The summed E-state index contributed by atoms with van der Waals surface area (Å²) < 4.78 is 33.3. The highest BCUT2D eigenvalue weighted by Gasteiger charge is 2.35. The first-order chi connectivity index (χ1) is 10.6. The molecular weight excluding hydrogens is 330 g/mol. The molecule has 1 aliphatic rings. The van der Waals surface area contributed by atoms with Crippen molar-refractivity contribution in [2.75, 3.05) is 6.61 Å². The Bertz CT molecular complexity index is 706. The van der Waals surface area contributed by atoms with Crippen molar-refractivity contribution in [3.8, 4) is 5.75 Å². The fraction of sp³-hybridized carbons (Fsp3) is 0.188. The van der Waals surface area contributed by atoms with E-state index in [1.54, 1.807) is 24.3 Å². The van der Waals surface area contributed by atoms with Crippen LogP contribution in [0.2, 0.25) is 5.02 Å². The molecule has 0 amide bonds. The third-order valence-electron chi connectivity index (χ3n) is 3.44. The number of halogens is 3. The molecule has 22 heavy (non-hydrogen) atoms. The van der Waals surface area contributed by atoms with Crippen LogP contribution >= 0.6 is 23.4 Å². The van der Waals surface area contributed by atoms with Crippen molar-refractivity contribution in [2.45, 2.75) is 10.1 Å². The van der Waals surface area contributed by atoms with E-state index in [-0.39, 0.29) is 17.9 Å². The molecule has 2 nitrogen and oxygen atoms in total. The number of hydrogen-bond acceptors (Lipinski definition) is 3. The Balaban J connectivity index is 2.02. The molecule has 3 rings (SSSR count). The Kier molecular flexibility index (Phi) is 4.36. The van der Waals surface area contributed by atoms with Crippen LogP contribution in [0.3, 0.4) is 0 Å². The molecule has 114 valence electrons. The normalized spacial score (nSPS) is 20.1. The maximum absolute atomic E-state index is 14.2. The molecular formula is C16H11ClF2O2S. The lowest BCUT2D eigenvalue weighted by Crippen LogP contribution is -2.27. The summed E-state index contributed by atoms with van der Waals surface area (Å²) >= 11 is 7.14. The zero-order valence-corrected chi connectivity index (χ0v) is 12.8. The lowest BCUT2D eigenvalue weighted by atomic mass is 9.96. The molecule has 2 atom stereocenters. The van der Waals surface area contributed by atoms with Gasteiger partial charge in [0.2, 0.25) is 0 Å². The third kappa shape index (κ3) is 2.83. The van der Waals surface area contributed by atoms with Gasteiger partial charge in [-0.25, -0.2) is 8.78 Å². The van der Waals surface area contributed by atoms with Gasteiger partial charge in [0.15, 0.2) is 11.6 Å². The van der Waals surface area contributed by atoms with Crippen molar-refractivity contribution >= 4 is 29.6 Å². The van der Waals surface area contributed by atoms with Crippen molar-refractivity contribution in [3.63, 3.8) is 0 Å². The van der Waals surface area contributed by atoms with Crippen molar-refractivity contribution in [3.05, 3.63) is 58.6 Å². The Morgan fingerprint density at radius 1 is 1.14 bits per heavy atom. The Labute approximate surface area is 135 Å². The van der Waals surface area contributed by atoms with Crippen LogP contribution in [-0.4, -0.2) is 12.9 Å². The minimum atomic E-state index is -0.623. The molecule has 6 heteroatoms. The van der Waals surface area contributed by atoms with E-state index in [9.17, 15) is 13.6 Å². The predicted molar refractivity (Wildman–Crippen MR) is 81.5 cm³/mol. The van der Waals surface area contributed by atoms with E-state index in [1.165, 1.54) is 11.8 Å². The molecule has 0 N–H and O–H groups in total. The Morgan fingerprint density at radius 3 is 2.50 bits per heavy atom. The van der Waals surface area contributed by atoms with E-state index < -0.39 is 22.8 Å². The lowest BCUT2D eigenvalue weighted by Gasteiger charge is -2.30. The number of carbonyl (C=O) groups is 1. The van der Waals surface area contributed by atoms with E-state index in [0.717, 1.165) is 23.3 Å².